The molecule has 2 heterocycles. The Morgan fingerprint density at radius 3 is 2.42 bits per heavy atom. The number of alkyl halides is 3. The molecule has 8 nitrogen and oxygen atoms in total. The van der Waals surface area contributed by atoms with Gasteiger partial charge in [0.25, 0.3) is 5.56 Å². The van der Waals surface area contributed by atoms with Crippen LogP contribution in [0.5, 0.6) is 0 Å². The average Bonchev–Trinajstić information content (AvgIpc) is 3.42. The quantitative estimate of drug-likeness (QED) is 0.734. The highest BCUT2D eigenvalue weighted by Gasteiger charge is 2.57. The maximum absolute atomic E-state index is 13.3. The number of rotatable bonds is 6. The zero-order valence-corrected chi connectivity index (χ0v) is 17.6. The predicted molar refractivity (Wildman–Crippen MR) is 106 cm³/mol. The Bertz CT molecular complexity index is 1090. The minimum atomic E-state index is -4.73. The molecular formula is C20H27F3N4O4. The Morgan fingerprint density at radius 2 is 1.87 bits per heavy atom. The van der Waals surface area contributed by atoms with Crippen LogP contribution in [-0.4, -0.2) is 49.3 Å². The van der Waals surface area contributed by atoms with Gasteiger partial charge in [0.05, 0.1) is 12.9 Å². The van der Waals surface area contributed by atoms with Gasteiger partial charge in [0, 0.05) is 32.7 Å². The number of aryl methyl sites for hydroxylation is 1. The van der Waals surface area contributed by atoms with Crippen LogP contribution in [-0.2, 0) is 24.9 Å². The highest BCUT2D eigenvalue weighted by atomic mass is 19.4. The third-order valence-electron chi connectivity index (χ3n) is 6.86. The van der Waals surface area contributed by atoms with Crippen molar-refractivity contribution in [3.63, 3.8) is 0 Å². The van der Waals surface area contributed by atoms with Crippen LogP contribution < -0.4 is 11.2 Å². The van der Waals surface area contributed by atoms with E-state index < -0.39 is 41.3 Å². The van der Waals surface area contributed by atoms with Gasteiger partial charge in [-0.1, -0.05) is 0 Å². The van der Waals surface area contributed by atoms with E-state index in [0.717, 1.165) is 17.4 Å². The molecule has 172 valence electrons. The Hall–Kier alpha value is -2.14. The van der Waals surface area contributed by atoms with E-state index in [1.807, 2.05) is 0 Å². The zero-order valence-electron chi connectivity index (χ0n) is 17.6. The van der Waals surface area contributed by atoms with Crippen LogP contribution in [0.3, 0.4) is 0 Å². The summed E-state index contributed by atoms with van der Waals surface area (Å²) in [4.78, 5) is 30.5. The van der Waals surface area contributed by atoms with Gasteiger partial charge in [0.2, 0.25) is 0 Å². The largest absolute Gasteiger partial charge is 0.417 e. The number of ether oxygens (including phenoxy) is 1. The average molecular weight is 444 g/mol. The minimum absolute atomic E-state index is 0.0220. The SMILES string of the molecule is COCC1(Cn2c(=O)c3c(ncn3CC3CC3)n(C)c2=O)CCC(O)(C(F)(F)F)CC1. The lowest BCUT2D eigenvalue weighted by molar-refractivity contribution is -0.277. The first kappa shape index (κ1) is 22.1. The van der Waals surface area contributed by atoms with E-state index in [9.17, 15) is 27.9 Å². The monoisotopic (exact) mass is 444 g/mol. The lowest BCUT2D eigenvalue weighted by Gasteiger charge is -2.44. The standard InChI is InChI=1S/C20H27F3N4O4/c1-25-15-14(26(12-24-15)9-13-3-4-13)16(28)27(17(25)29)10-18(11-31-2)5-7-19(30,8-6-18)20(21,22)23/h12-13,30H,3-11H2,1-2H3. The Balaban J connectivity index is 1.72. The summed E-state index contributed by atoms with van der Waals surface area (Å²) in [5, 5.41) is 10.1. The predicted octanol–water partition coefficient (Wildman–Crippen LogP) is 1.81. The van der Waals surface area contributed by atoms with Crippen molar-refractivity contribution in [1.82, 2.24) is 18.7 Å². The number of nitrogens with zero attached hydrogens (tertiary/aromatic N) is 4. The van der Waals surface area contributed by atoms with Gasteiger partial charge in [-0.3, -0.25) is 13.9 Å². The Morgan fingerprint density at radius 1 is 1.23 bits per heavy atom. The van der Waals surface area contributed by atoms with E-state index in [-0.39, 0.29) is 26.0 Å². The van der Waals surface area contributed by atoms with Gasteiger partial charge < -0.3 is 14.4 Å². The number of hydrogen-bond acceptors (Lipinski definition) is 5. The molecule has 2 aliphatic rings. The van der Waals surface area contributed by atoms with Gasteiger partial charge in [-0.05, 0) is 44.4 Å². The van der Waals surface area contributed by atoms with Gasteiger partial charge in [0.15, 0.2) is 16.8 Å². The molecule has 0 atom stereocenters. The molecule has 1 N–H and O–H groups in total. The fraction of sp³-hybridized carbons (Fsp3) is 0.750. The van der Waals surface area contributed by atoms with Crippen molar-refractivity contribution >= 4 is 11.2 Å². The van der Waals surface area contributed by atoms with Crippen LogP contribution in [0.1, 0.15) is 38.5 Å². The van der Waals surface area contributed by atoms with Gasteiger partial charge in [-0.25, -0.2) is 9.78 Å². The van der Waals surface area contributed by atoms with Crippen molar-refractivity contribution in [3.8, 4) is 0 Å². The van der Waals surface area contributed by atoms with Gasteiger partial charge in [-0.15, -0.1) is 0 Å². The molecule has 2 aliphatic carbocycles. The minimum Gasteiger partial charge on any atom is -0.384 e. The summed E-state index contributed by atoms with van der Waals surface area (Å²) < 4.78 is 49.2. The summed E-state index contributed by atoms with van der Waals surface area (Å²) in [5.74, 6) is 0.487. The zero-order chi connectivity index (χ0) is 22.6. The van der Waals surface area contributed by atoms with E-state index in [1.54, 1.807) is 10.9 Å². The lowest BCUT2D eigenvalue weighted by Crippen LogP contribution is -2.53. The molecule has 0 aromatic carbocycles. The van der Waals surface area contributed by atoms with Crippen LogP contribution in [0.4, 0.5) is 13.2 Å². The van der Waals surface area contributed by atoms with E-state index in [4.69, 9.17) is 4.74 Å². The van der Waals surface area contributed by atoms with Crippen LogP contribution in [0.25, 0.3) is 11.2 Å². The summed E-state index contributed by atoms with van der Waals surface area (Å²) >= 11 is 0. The number of fused-ring (bicyclic) bond motifs is 1. The fourth-order valence-electron chi connectivity index (χ4n) is 4.65. The molecule has 0 saturated heterocycles. The summed E-state index contributed by atoms with van der Waals surface area (Å²) in [7, 11) is 2.96. The third-order valence-corrected chi connectivity index (χ3v) is 6.86. The molecular weight excluding hydrogens is 417 g/mol. The first-order chi connectivity index (χ1) is 14.5. The molecule has 11 heteroatoms. The number of aromatic nitrogens is 4. The molecule has 4 rings (SSSR count). The van der Waals surface area contributed by atoms with Crippen LogP contribution in [0.15, 0.2) is 15.9 Å². The second kappa shape index (κ2) is 7.47. The summed E-state index contributed by atoms with van der Waals surface area (Å²) in [6.45, 7) is 0.645. The van der Waals surface area contributed by atoms with E-state index in [2.05, 4.69) is 4.98 Å². The maximum atomic E-state index is 13.3. The van der Waals surface area contributed by atoms with Gasteiger partial charge >= 0.3 is 11.9 Å². The number of imidazole rings is 1. The Labute approximate surface area is 176 Å². The van der Waals surface area contributed by atoms with Crippen molar-refractivity contribution in [3.05, 3.63) is 27.2 Å². The van der Waals surface area contributed by atoms with Crippen molar-refractivity contribution < 1.29 is 23.0 Å². The molecule has 0 bridgehead atoms. The fourth-order valence-corrected chi connectivity index (χ4v) is 4.65. The van der Waals surface area contributed by atoms with E-state index >= 15 is 0 Å². The lowest BCUT2D eigenvalue weighted by atomic mass is 9.68. The molecule has 0 amide bonds. The number of methoxy groups -OCH3 is 1. The second-order valence-electron chi connectivity index (χ2n) is 9.21. The summed E-state index contributed by atoms with van der Waals surface area (Å²) in [5.41, 5.74) is -4.07. The Kier molecular flexibility index (Phi) is 5.32. The molecule has 31 heavy (non-hydrogen) atoms. The highest BCUT2D eigenvalue weighted by molar-refractivity contribution is 5.70. The first-order valence-corrected chi connectivity index (χ1v) is 10.4. The van der Waals surface area contributed by atoms with Gasteiger partial charge in [0.1, 0.15) is 0 Å². The number of hydrogen-bond donors (Lipinski definition) is 1. The first-order valence-electron chi connectivity index (χ1n) is 10.4. The normalized spacial score (nSPS) is 27.2. The molecule has 0 aliphatic heterocycles. The summed E-state index contributed by atoms with van der Waals surface area (Å²) in [6.07, 6.45) is -2.06. The van der Waals surface area contributed by atoms with E-state index in [1.165, 1.54) is 18.7 Å². The molecule has 2 fully saturated rings. The smallest absolute Gasteiger partial charge is 0.384 e. The topological polar surface area (TPSA) is 91.3 Å². The van der Waals surface area contributed by atoms with Crippen LogP contribution >= 0.6 is 0 Å². The van der Waals surface area contributed by atoms with Gasteiger partial charge in [-0.2, -0.15) is 13.2 Å². The molecule has 2 saturated carbocycles. The van der Waals surface area contributed by atoms with Crippen LogP contribution in [0.2, 0.25) is 0 Å². The van der Waals surface area contributed by atoms with Crippen molar-refractivity contribution in [2.24, 2.45) is 18.4 Å². The molecule has 0 unspecified atom stereocenters. The number of aliphatic hydroxyl groups is 1. The van der Waals surface area contributed by atoms with E-state index in [0.29, 0.717) is 23.6 Å². The highest BCUT2D eigenvalue weighted by Crippen LogP contribution is 2.48. The van der Waals surface area contributed by atoms with Crippen molar-refractivity contribution in [2.45, 2.75) is 63.4 Å². The second-order valence-corrected chi connectivity index (χ2v) is 9.21. The maximum Gasteiger partial charge on any atom is 0.417 e. The molecule has 2 aromatic heterocycles. The number of halogens is 3. The molecule has 0 spiro atoms. The van der Waals surface area contributed by atoms with Crippen molar-refractivity contribution in [1.29, 1.82) is 0 Å². The molecule has 0 radical (unpaired) electrons. The van der Waals surface area contributed by atoms with Crippen LogP contribution in [0, 0.1) is 11.3 Å². The molecule has 2 aromatic rings. The van der Waals surface area contributed by atoms with Crippen molar-refractivity contribution in [2.75, 3.05) is 13.7 Å². The third kappa shape index (κ3) is 3.82. The summed E-state index contributed by atoms with van der Waals surface area (Å²) in [6, 6.07) is 0.